The normalized spacial score (nSPS) is 21.0. The average Bonchev–Trinajstić information content (AvgIpc) is 3.11. The number of nitrogens with zero attached hydrogens (tertiary/aromatic N) is 1. The van der Waals surface area contributed by atoms with Crippen molar-refractivity contribution in [1.82, 2.24) is 15.5 Å². The number of urea groups is 1. The third-order valence-electron chi connectivity index (χ3n) is 4.03. The van der Waals surface area contributed by atoms with Crippen LogP contribution in [0.3, 0.4) is 0 Å². The lowest BCUT2D eigenvalue weighted by Crippen LogP contribution is -2.46. The quantitative estimate of drug-likeness (QED) is 0.580. The Morgan fingerprint density at radius 3 is 2.92 bits per heavy atom. The van der Waals surface area contributed by atoms with Gasteiger partial charge in [-0.05, 0) is 24.6 Å². The predicted molar refractivity (Wildman–Crippen MR) is 86.8 cm³/mol. The highest BCUT2D eigenvalue weighted by Crippen LogP contribution is 2.34. The third-order valence-corrected chi connectivity index (χ3v) is 4.03. The van der Waals surface area contributed by atoms with Crippen LogP contribution in [0.2, 0.25) is 0 Å². The lowest BCUT2D eigenvalue weighted by atomic mass is 9.92. The number of amides is 4. The fraction of sp³-hybridized carbons (Fsp3) is 0.353. The molecule has 0 unspecified atom stereocenters. The SMILES string of the molecule is C#CCNC(=O)CN1C(=O)N[C@@](C)(Cc2ccc3c(c2)OCO3)C1=O. The van der Waals surface area contributed by atoms with Gasteiger partial charge in [-0.1, -0.05) is 12.0 Å². The molecule has 0 aromatic heterocycles. The molecule has 2 aliphatic rings. The van der Waals surface area contributed by atoms with E-state index < -0.39 is 23.4 Å². The van der Waals surface area contributed by atoms with E-state index in [0.29, 0.717) is 11.5 Å². The van der Waals surface area contributed by atoms with E-state index in [9.17, 15) is 14.4 Å². The Hall–Kier alpha value is -3.21. The van der Waals surface area contributed by atoms with Crippen LogP contribution in [0, 0.1) is 12.3 Å². The molecule has 2 aliphatic heterocycles. The highest BCUT2D eigenvalue weighted by molar-refractivity contribution is 6.08. The van der Waals surface area contributed by atoms with E-state index in [1.807, 2.05) is 0 Å². The van der Waals surface area contributed by atoms with Crippen molar-refractivity contribution in [3.05, 3.63) is 23.8 Å². The zero-order chi connectivity index (χ0) is 18.0. The van der Waals surface area contributed by atoms with Gasteiger partial charge in [0.2, 0.25) is 12.7 Å². The first kappa shape index (κ1) is 16.6. The van der Waals surface area contributed by atoms with Crippen molar-refractivity contribution >= 4 is 17.8 Å². The van der Waals surface area contributed by atoms with Crippen LogP contribution in [0.25, 0.3) is 0 Å². The third kappa shape index (κ3) is 3.21. The van der Waals surface area contributed by atoms with Gasteiger partial charge in [0.1, 0.15) is 12.1 Å². The maximum Gasteiger partial charge on any atom is 0.325 e. The van der Waals surface area contributed by atoms with E-state index in [1.165, 1.54) is 0 Å². The number of fused-ring (bicyclic) bond motifs is 1. The number of ether oxygens (including phenoxy) is 2. The number of benzene rings is 1. The number of terminal acetylenes is 1. The smallest absolute Gasteiger partial charge is 0.325 e. The number of imide groups is 1. The van der Waals surface area contributed by atoms with Crippen LogP contribution in [0.1, 0.15) is 12.5 Å². The van der Waals surface area contributed by atoms with Crippen molar-refractivity contribution in [3.63, 3.8) is 0 Å². The fourth-order valence-electron chi connectivity index (χ4n) is 2.82. The molecule has 0 saturated carbocycles. The zero-order valence-corrected chi connectivity index (χ0v) is 13.6. The van der Waals surface area contributed by atoms with Crippen LogP contribution in [-0.4, -0.2) is 48.2 Å². The Bertz CT molecular complexity index is 785. The van der Waals surface area contributed by atoms with Crippen LogP contribution >= 0.6 is 0 Å². The monoisotopic (exact) mass is 343 g/mol. The summed E-state index contributed by atoms with van der Waals surface area (Å²) in [7, 11) is 0. The maximum absolute atomic E-state index is 12.7. The Kier molecular flexibility index (Phi) is 4.23. The summed E-state index contributed by atoms with van der Waals surface area (Å²) < 4.78 is 10.6. The first-order valence-electron chi connectivity index (χ1n) is 7.66. The van der Waals surface area contributed by atoms with Crippen molar-refractivity contribution in [3.8, 4) is 23.8 Å². The molecule has 1 atom stereocenters. The summed E-state index contributed by atoms with van der Waals surface area (Å²) in [6.45, 7) is 1.45. The Balaban J connectivity index is 1.71. The molecule has 0 spiro atoms. The zero-order valence-electron chi connectivity index (χ0n) is 13.6. The lowest BCUT2D eigenvalue weighted by molar-refractivity contribution is -0.134. The van der Waals surface area contributed by atoms with Crippen LogP contribution in [0.4, 0.5) is 4.79 Å². The molecular weight excluding hydrogens is 326 g/mol. The van der Waals surface area contributed by atoms with E-state index in [1.54, 1.807) is 25.1 Å². The van der Waals surface area contributed by atoms with Crippen molar-refractivity contribution in [1.29, 1.82) is 0 Å². The molecule has 4 amide bonds. The minimum Gasteiger partial charge on any atom is -0.454 e. The van der Waals surface area contributed by atoms with Gasteiger partial charge < -0.3 is 20.1 Å². The van der Waals surface area contributed by atoms with E-state index in [0.717, 1.165) is 10.5 Å². The van der Waals surface area contributed by atoms with Gasteiger partial charge in [0.15, 0.2) is 11.5 Å². The Labute approximate surface area is 144 Å². The lowest BCUT2D eigenvalue weighted by Gasteiger charge is -2.21. The molecule has 0 radical (unpaired) electrons. The molecule has 1 aromatic carbocycles. The van der Waals surface area contributed by atoms with Crippen LogP contribution in [0.5, 0.6) is 11.5 Å². The van der Waals surface area contributed by atoms with Gasteiger partial charge in [-0.15, -0.1) is 6.42 Å². The fourth-order valence-corrected chi connectivity index (χ4v) is 2.82. The summed E-state index contributed by atoms with van der Waals surface area (Å²) in [5.74, 6) is 2.54. The van der Waals surface area contributed by atoms with Crippen molar-refractivity contribution in [2.45, 2.75) is 18.9 Å². The summed E-state index contributed by atoms with van der Waals surface area (Å²) in [6.07, 6.45) is 5.32. The molecule has 8 heteroatoms. The minimum atomic E-state index is -1.14. The van der Waals surface area contributed by atoms with Crippen molar-refractivity contribution in [2.24, 2.45) is 0 Å². The van der Waals surface area contributed by atoms with Gasteiger partial charge >= 0.3 is 6.03 Å². The van der Waals surface area contributed by atoms with Crippen LogP contribution in [-0.2, 0) is 16.0 Å². The van der Waals surface area contributed by atoms with Gasteiger partial charge in [0, 0.05) is 6.42 Å². The summed E-state index contributed by atoms with van der Waals surface area (Å²) in [6, 6.07) is 4.73. The molecule has 1 aromatic rings. The van der Waals surface area contributed by atoms with E-state index in [-0.39, 0.29) is 26.3 Å². The summed E-state index contributed by atoms with van der Waals surface area (Å²) in [4.78, 5) is 37.4. The second-order valence-corrected chi connectivity index (χ2v) is 6.00. The van der Waals surface area contributed by atoms with Gasteiger partial charge in [-0.25, -0.2) is 4.79 Å². The van der Waals surface area contributed by atoms with Gasteiger partial charge in [-0.2, -0.15) is 0 Å². The second-order valence-electron chi connectivity index (χ2n) is 6.00. The van der Waals surface area contributed by atoms with E-state index in [4.69, 9.17) is 15.9 Å². The Morgan fingerprint density at radius 1 is 1.40 bits per heavy atom. The van der Waals surface area contributed by atoms with Gasteiger partial charge in [-0.3, -0.25) is 14.5 Å². The van der Waals surface area contributed by atoms with Gasteiger partial charge in [0.25, 0.3) is 5.91 Å². The number of carbonyl (C=O) groups excluding carboxylic acids is 3. The molecule has 2 heterocycles. The van der Waals surface area contributed by atoms with E-state index in [2.05, 4.69) is 16.6 Å². The number of nitrogens with one attached hydrogen (secondary N) is 2. The highest BCUT2D eigenvalue weighted by Gasteiger charge is 2.48. The van der Waals surface area contributed by atoms with E-state index >= 15 is 0 Å². The molecular formula is C17H17N3O5. The standard InChI is InChI=1S/C17H17N3O5/c1-3-6-18-14(21)9-20-15(22)17(2,19-16(20)23)8-11-4-5-12-13(7-11)25-10-24-12/h1,4-5,7H,6,8-10H2,2H3,(H,18,21)(H,19,23)/t17-/m0/s1. The highest BCUT2D eigenvalue weighted by atomic mass is 16.7. The predicted octanol–water partition coefficient (Wildman–Crippen LogP) is 0.0177. The van der Waals surface area contributed by atoms with Crippen LogP contribution < -0.4 is 20.1 Å². The summed E-state index contributed by atoms with van der Waals surface area (Å²) in [5.41, 5.74) is -0.337. The molecule has 1 saturated heterocycles. The average molecular weight is 343 g/mol. The minimum absolute atomic E-state index is 0.0386. The maximum atomic E-state index is 12.7. The number of rotatable bonds is 5. The van der Waals surface area contributed by atoms with Crippen LogP contribution in [0.15, 0.2) is 18.2 Å². The molecule has 1 fully saturated rings. The molecule has 3 rings (SSSR count). The molecule has 130 valence electrons. The molecule has 2 N–H and O–H groups in total. The number of carbonyl (C=O) groups is 3. The van der Waals surface area contributed by atoms with Crippen molar-refractivity contribution < 1.29 is 23.9 Å². The van der Waals surface area contributed by atoms with Gasteiger partial charge in [0.05, 0.1) is 6.54 Å². The first-order valence-corrected chi connectivity index (χ1v) is 7.66. The molecule has 0 bridgehead atoms. The second kappa shape index (κ2) is 6.36. The molecule has 8 nitrogen and oxygen atoms in total. The topological polar surface area (TPSA) is 97.0 Å². The first-order chi connectivity index (χ1) is 11.9. The van der Waals surface area contributed by atoms with Crippen molar-refractivity contribution in [2.75, 3.05) is 19.9 Å². The number of hydrogen-bond donors (Lipinski definition) is 2. The summed E-state index contributed by atoms with van der Waals surface area (Å²) >= 11 is 0. The largest absolute Gasteiger partial charge is 0.454 e. The molecule has 25 heavy (non-hydrogen) atoms. The molecule has 0 aliphatic carbocycles. The number of hydrogen-bond acceptors (Lipinski definition) is 5. The summed E-state index contributed by atoms with van der Waals surface area (Å²) in [5, 5.41) is 5.08. The Morgan fingerprint density at radius 2 is 2.16 bits per heavy atom.